The predicted octanol–water partition coefficient (Wildman–Crippen LogP) is 3.13. The summed E-state index contributed by atoms with van der Waals surface area (Å²) in [6, 6.07) is 0. The number of nitrogens with one attached hydrogen (secondary N) is 1. The van der Waals surface area contributed by atoms with E-state index < -0.39 is 0 Å². The molecule has 2 atom stereocenters. The summed E-state index contributed by atoms with van der Waals surface area (Å²) in [4.78, 5) is 11.7. The summed E-state index contributed by atoms with van der Waals surface area (Å²) in [7, 11) is 1.48. The molecule has 0 saturated heterocycles. The number of esters is 1. The molecule has 0 radical (unpaired) electrons. The Balaban J connectivity index is 2.80. The standard InChI is InChI=1S/C15H29NO2/c1-6-9-16-15(11-13(17)18-5)8-7-14(3,4)10-12(15)2/h12,16H,6-11H2,1-5H3. The molecule has 1 fully saturated rings. The van der Waals surface area contributed by atoms with Crippen molar-refractivity contribution in [3.8, 4) is 0 Å². The third-order valence-electron chi connectivity index (χ3n) is 4.46. The summed E-state index contributed by atoms with van der Waals surface area (Å²) in [5.41, 5.74) is 0.339. The van der Waals surface area contributed by atoms with Gasteiger partial charge in [-0.25, -0.2) is 0 Å². The lowest BCUT2D eigenvalue weighted by Gasteiger charge is -2.48. The molecule has 0 aromatic rings. The van der Waals surface area contributed by atoms with Crippen molar-refractivity contribution in [2.24, 2.45) is 11.3 Å². The Hall–Kier alpha value is -0.570. The number of rotatable bonds is 5. The van der Waals surface area contributed by atoms with Crippen LogP contribution in [-0.2, 0) is 9.53 Å². The first kappa shape index (κ1) is 15.5. The van der Waals surface area contributed by atoms with Gasteiger partial charge in [0.05, 0.1) is 13.5 Å². The van der Waals surface area contributed by atoms with Crippen LogP contribution in [0.2, 0.25) is 0 Å². The molecule has 1 saturated carbocycles. The molecule has 0 aromatic heterocycles. The molecule has 3 nitrogen and oxygen atoms in total. The average Bonchev–Trinajstić information content (AvgIpc) is 2.30. The van der Waals surface area contributed by atoms with E-state index in [-0.39, 0.29) is 11.5 Å². The highest BCUT2D eigenvalue weighted by Gasteiger charge is 2.44. The molecule has 18 heavy (non-hydrogen) atoms. The number of methoxy groups -OCH3 is 1. The normalized spacial score (nSPS) is 31.1. The number of hydrogen-bond donors (Lipinski definition) is 1. The molecule has 0 spiro atoms. The Labute approximate surface area is 112 Å². The fourth-order valence-corrected chi connectivity index (χ4v) is 3.23. The van der Waals surface area contributed by atoms with Crippen molar-refractivity contribution in [1.29, 1.82) is 0 Å². The lowest BCUT2D eigenvalue weighted by atomic mass is 9.62. The SMILES string of the molecule is CCCNC1(CC(=O)OC)CCC(C)(C)CC1C. The molecular weight excluding hydrogens is 226 g/mol. The van der Waals surface area contributed by atoms with E-state index in [9.17, 15) is 4.79 Å². The van der Waals surface area contributed by atoms with Crippen molar-refractivity contribution in [3.05, 3.63) is 0 Å². The molecule has 1 N–H and O–H groups in total. The van der Waals surface area contributed by atoms with Crippen LogP contribution in [0.3, 0.4) is 0 Å². The first-order valence-corrected chi connectivity index (χ1v) is 7.17. The summed E-state index contributed by atoms with van der Waals surface area (Å²) in [6.07, 6.45) is 5.00. The molecule has 0 aliphatic heterocycles. The van der Waals surface area contributed by atoms with Gasteiger partial charge in [0.15, 0.2) is 0 Å². The Kier molecular flexibility index (Phi) is 5.20. The topological polar surface area (TPSA) is 38.3 Å². The van der Waals surface area contributed by atoms with E-state index in [1.165, 1.54) is 20.0 Å². The summed E-state index contributed by atoms with van der Waals surface area (Å²) < 4.78 is 4.88. The molecule has 0 aromatic carbocycles. The van der Waals surface area contributed by atoms with Crippen LogP contribution in [0.4, 0.5) is 0 Å². The van der Waals surface area contributed by atoms with Gasteiger partial charge in [-0.05, 0) is 43.6 Å². The zero-order chi connectivity index (χ0) is 13.8. The van der Waals surface area contributed by atoms with E-state index in [0.29, 0.717) is 17.8 Å². The zero-order valence-corrected chi connectivity index (χ0v) is 12.6. The molecule has 106 valence electrons. The van der Waals surface area contributed by atoms with Crippen LogP contribution in [0.25, 0.3) is 0 Å². The Morgan fingerprint density at radius 1 is 1.39 bits per heavy atom. The van der Waals surface area contributed by atoms with Gasteiger partial charge in [0.2, 0.25) is 0 Å². The van der Waals surface area contributed by atoms with Gasteiger partial charge in [0, 0.05) is 5.54 Å². The van der Waals surface area contributed by atoms with E-state index in [1.54, 1.807) is 0 Å². The van der Waals surface area contributed by atoms with Crippen molar-refractivity contribution in [2.75, 3.05) is 13.7 Å². The maximum atomic E-state index is 11.7. The molecular formula is C15H29NO2. The van der Waals surface area contributed by atoms with E-state index in [4.69, 9.17) is 4.74 Å². The Bertz CT molecular complexity index is 288. The summed E-state index contributed by atoms with van der Waals surface area (Å²) in [5.74, 6) is 0.414. The van der Waals surface area contributed by atoms with Gasteiger partial charge in [-0.2, -0.15) is 0 Å². The van der Waals surface area contributed by atoms with Crippen LogP contribution >= 0.6 is 0 Å². The number of carbonyl (C=O) groups is 1. The van der Waals surface area contributed by atoms with Gasteiger partial charge in [-0.15, -0.1) is 0 Å². The zero-order valence-electron chi connectivity index (χ0n) is 12.6. The summed E-state index contributed by atoms with van der Waals surface area (Å²) in [5, 5.41) is 3.64. The summed E-state index contributed by atoms with van der Waals surface area (Å²) in [6.45, 7) is 10.1. The van der Waals surface area contributed by atoms with Crippen LogP contribution in [0.15, 0.2) is 0 Å². The van der Waals surface area contributed by atoms with Crippen LogP contribution in [0, 0.1) is 11.3 Å². The predicted molar refractivity (Wildman–Crippen MR) is 74.5 cm³/mol. The molecule has 1 aliphatic rings. The van der Waals surface area contributed by atoms with Crippen LogP contribution < -0.4 is 5.32 Å². The van der Waals surface area contributed by atoms with Gasteiger partial charge >= 0.3 is 5.97 Å². The molecule has 0 amide bonds. The van der Waals surface area contributed by atoms with E-state index in [0.717, 1.165) is 19.4 Å². The Morgan fingerprint density at radius 2 is 2.06 bits per heavy atom. The highest BCUT2D eigenvalue weighted by molar-refractivity contribution is 5.70. The first-order chi connectivity index (χ1) is 8.35. The minimum Gasteiger partial charge on any atom is -0.469 e. The third kappa shape index (κ3) is 3.71. The van der Waals surface area contributed by atoms with Gasteiger partial charge in [-0.1, -0.05) is 27.7 Å². The van der Waals surface area contributed by atoms with Gasteiger partial charge < -0.3 is 10.1 Å². The third-order valence-corrected chi connectivity index (χ3v) is 4.46. The quantitative estimate of drug-likeness (QED) is 0.767. The minimum atomic E-state index is -0.0924. The molecule has 0 bridgehead atoms. The largest absolute Gasteiger partial charge is 0.469 e. The minimum absolute atomic E-state index is 0.0569. The van der Waals surface area contributed by atoms with Gasteiger partial charge in [0.25, 0.3) is 0 Å². The molecule has 2 unspecified atom stereocenters. The van der Waals surface area contributed by atoms with E-state index >= 15 is 0 Å². The fourth-order valence-electron chi connectivity index (χ4n) is 3.23. The summed E-state index contributed by atoms with van der Waals surface area (Å²) >= 11 is 0. The average molecular weight is 255 g/mol. The lowest BCUT2D eigenvalue weighted by molar-refractivity contribution is -0.144. The van der Waals surface area contributed by atoms with Gasteiger partial charge in [-0.3, -0.25) is 4.79 Å². The van der Waals surface area contributed by atoms with Crippen LogP contribution in [0.1, 0.15) is 59.8 Å². The van der Waals surface area contributed by atoms with E-state index in [1.807, 2.05) is 0 Å². The van der Waals surface area contributed by atoms with Gasteiger partial charge in [0.1, 0.15) is 0 Å². The number of ether oxygens (including phenoxy) is 1. The van der Waals surface area contributed by atoms with Crippen molar-refractivity contribution < 1.29 is 9.53 Å². The Morgan fingerprint density at radius 3 is 2.56 bits per heavy atom. The van der Waals surface area contributed by atoms with Crippen molar-refractivity contribution in [3.63, 3.8) is 0 Å². The second-order valence-corrected chi connectivity index (χ2v) is 6.61. The lowest BCUT2D eigenvalue weighted by Crippen LogP contribution is -2.56. The molecule has 1 aliphatic carbocycles. The monoisotopic (exact) mass is 255 g/mol. The smallest absolute Gasteiger partial charge is 0.307 e. The fraction of sp³-hybridized carbons (Fsp3) is 0.933. The molecule has 3 heteroatoms. The second kappa shape index (κ2) is 6.05. The maximum Gasteiger partial charge on any atom is 0.307 e. The first-order valence-electron chi connectivity index (χ1n) is 7.17. The van der Waals surface area contributed by atoms with E-state index in [2.05, 4.69) is 33.0 Å². The van der Waals surface area contributed by atoms with Crippen molar-refractivity contribution in [2.45, 2.75) is 65.3 Å². The number of hydrogen-bond acceptors (Lipinski definition) is 3. The van der Waals surface area contributed by atoms with Crippen molar-refractivity contribution in [1.82, 2.24) is 5.32 Å². The highest BCUT2D eigenvalue weighted by Crippen LogP contribution is 2.45. The highest BCUT2D eigenvalue weighted by atomic mass is 16.5. The maximum absolute atomic E-state index is 11.7. The number of carbonyl (C=O) groups excluding carboxylic acids is 1. The van der Waals surface area contributed by atoms with Crippen molar-refractivity contribution >= 4 is 5.97 Å². The molecule has 1 rings (SSSR count). The molecule has 0 heterocycles. The second-order valence-electron chi connectivity index (χ2n) is 6.61. The van der Waals surface area contributed by atoms with Crippen LogP contribution in [-0.4, -0.2) is 25.2 Å². The van der Waals surface area contributed by atoms with Crippen LogP contribution in [0.5, 0.6) is 0 Å².